The van der Waals surface area contributed by atoms with Gasteiger partial charge < -0.3 is 13.4 Å². The standard InChI is InChI=1S/C51H29N5O2/c1-6-21-37-30(14-1)31-15-2-7-22-38(31)55(37)41-25-13-29-45-48(41)47-36(20-12-28-44(47)58-45)50-52-49(35-19-11-27-43-46(35)34-18-5-10-26-42(34)57-43)53-51(54-50)56-39-23-8-3-16-32(39)33-17-4-9-24-40(33)56/h1-29H. The van der Waals surface area contributed by atoms with E-state index in [1.807, 2.05) is 48.5 Å². The molecule has 13 rings (SSSR count). The van der Waals surface area contributed by atoms with Crippen molar-refractivity contribution in [1.29, 1.82) is 0 Å². The number of furan rings is 2. The van der Waals surface area contributed by atoms with E-state index in [1.54, 1.807) is 0 Å². The van der Waals surface area contributed by atoms with Crippen molar-refractivity contribution in [2.24, 2.45) is 0 Å². The molecule has 0 aliphatic carbocycles. The van der Waals surface area contributed by atoms with Crippen LogP contribution in [0, 0.1) is 0 Å². The van der Waals surface area contributed by atoms with E-state index in [4.69, 9.17) is 23.8 Å². The smallest absolute Gasteiger partial charge is 0.238 e. The summed E-state index contributed by atoms with van der Waals surface area (Å²) in [6, 6.07) is 60.7. The molecule has 7 heteroatoms. The fourth-order valence-electron chi connectivity index (χ4n) is 9.21. The molecule has 8 aromatic carbocycles. The van der Waals surface area contributed by atoms with Crippen LogP contribution in [0.3, 0.4) is 0 Å². The van der Waals surface area contributed by atoms with Gasteiger partial charge in [-0.25, -0.2) is 4.98 Å². The first-order valence-corrected chi connectivity index (χ1v) is 19.4. The van der Waals surface area contributed by atoms with E-state index >= 15 is 0 Å². The van der Waals surface area contributed by atoms with Gasteiger partial charge in [-0.3, -0.25) is 4.57 Å². The summed E-state index contributed by atoms with van der Waals surface area (Å²) in [5.74, 6) is 1.61. The van der Waals surface area contributed by atoms with Crippen LogP contribution < -0.4 is 0 Å². The van der Waals surface area contributed by atoms with Gasteiger partial charge in [-0.1, -0.05) is 121 Å². The van der Waals surface area contributed by atoms with Gasteiger partial charge in [-0.05, 0) is 54.6 Å². The van der Waals surface area contributed by atoms with Crippen LogP contribution in [-0.4, -0.2) is 24.1 Å². The molecule has 0 radical (unpaired) electrons. The molecule has 0 saturated carbocycles. The second kappa shape index (κ2) is 11.7. The van der Waals surface area contributed by atoms with Gasteiger partial charge in [-0.15, -0.1) is 0 Å². The van der Waals surface area contributed by atoms with Gasteiger partial charge in [-0.2, -0.15) is 9.97 Å². The topological polar surface area (TPSA) is 74.8 Å². The third-order valence-corrected chi connectivity index (χ3v) is 11.6. The van der Waals surface area contributed by atoms with Crippen LogP contribution in [0.5, 0.6) is 0 Å². The minimum absolute atomic E-state index is 0.523. The predicted octanol–water partition coefficient (Wildman–Crippen LogP) is 13.2. The Kier molecular flexibility index (Phi) is 6.32. The Morgan fingerprint density at radius 2 is 0.724 bits per heavy atom. The Hall–Kier alpha value is -8.03. The van der Waals surface area contributed by atoms with Crippen molar-refractivity contribution in [1.82, 2.24) is 24.1 Å². The van der Waals surface area contributed by atoms with Crippen molar-refractivity contribution in [2.75, 3.05) is 0 Å². The van der Waals surface area contributed by atoms with Gasteiger partial charge in [0.1, 0.15) is 22.3 Å². The van der Waals surface area contributed by atoms with Crippen LogP contribution in [0.25, 0.3) is 122 Å². The second-order valence-electron chi connectivity index (χ2n) is 14.7. The molecule has 7 nitrogen and oxygen atoms in total. The SMILES string of the molecule is c1ccc2c(c1)oc1cccc(-c3nc(-c4cccc5oc6cccc(-n7c8ccccc8c8ccccc87)c6c45)nc(-n4c5ccccc5c5ccccc54)n3)c12. The summed E-state index contributed by atoms with van der Waals surface area (Å²) in [6.45, 7) is 0. The maximum absolute atomic E-state index is 6.70. The molecule has 5 aromatic heterocycles. The molecule has 0 amide bonds. The van der Waals surface area contributed by atoms with Crippen LogP contribution in [0.4, 0.5) is 0 Å². The Bertz CT molecular complexity index is 3720. The summed E-state index contributed by atoms with van der Waals surface area (Å²) in [6.07, 6.45) is 0. The average molecular weight is 744 g/mol. The third-order valence-electron chi connectivity index (χ3n) is 11.6. The highest BCUT2D eigenvalue weighted by molar-refractivity contribution is 6.18. The summed E-state index contributed by atoms with van der Waals surface area (Å²) in [5.41, 5.74) is 10.1. The number of fused-ring (bicyclic) bond motifs is 12. The zero-order chi connectivity index (χ0) is 37.9. The lowest BCUT2D eigenvalue weighted by Crippen LogP contribution is -2.06. The van der Waals surface area contributed by atoms with Crippen molar-refractivity contribution in [3.63, 3.8) is 0 Å². The molecule has 0 unspecified atom stereocenters. The van der Waals surface area contributed by atoms with Gasteiger partial charge in [0.05, 0.1) is 33.1 Å². The van der Waals surface area contributed by atoms with Crippen LogP contribution >= 0.6 is 0 Å². The highest BCUT2D eigenvalue weighted by Gasteiger charge is 2.24. The predicted molar refractivity (Wildman–Crippen MR) is 234 cm³/mol. The first-order valence-electron chi connectivity index (χ1n) is 19.4. The van der Waals surface area contributed by atoms with E-state index < -0.39 is 0 Å². The quantitative estimate of drug-likeness (QED) is 0.179. The number of aromatic nitrogens is 5. The molecule has 0 spiro atoms. The van der Waals surface area contributed by atoms with Crippen LogP contribution in [0.15, 0.2) is 185 Å². The maximum atomic E-state index is 6.70. The molecule has 13 aromatic rings. The molecule has 270 valence electrons. The molecule has 58 heavy (non-hydrogen) atoms. The van der Waals surface area contributed by atoms with E-state index in [2.05, 4.69) is 137 Å². The highest BCUT2D eigenvalue weighted by Crippen LogP contribution is 2.43. The molecular formula is C51H29N5O2. The molecular weight excluding hydrogens is 715 g/mol. The lowest BCUT2D eigenvalue weighted by molar-refractivity contribution is 0.668. The first kappa shape index (κ1) is 31.2. The van der Waals surface area contributed by atoms with Crippen molar-refractivity contribution in [3.8, 4) is 34.4 Å². The fourth-order valence-corrected chi connectivity index (χ4v) is 9.21. The number of hydrogen-bond donors (Lipinski definition) is 0. The lowest BCUT2D eigenvalue weighted by atomic mass is 10.0. The lowest BCUT2D eigenvalue weighted by Gasteiger charge is -2.13. The van der Waals surface area contributed by atoms with Crippen LogP contribution in [0.2, 0.25) is 0 Å². The summed E-state index contributed by atoms with van der Waals surface area (Å²) in [4.78, 5) is 16.1. The summed E-state index contributed by atoms with van der Waals surface area (Å²) >= 11 is 0. The van der Waals surface area contributed by atoms with Gasteiger partial charge in [0, 0.05) is 48.8 Å². The van der Waals surface area contributed by atoms with Crippen LogP contribution in [-0.2, 0) is 0 Å². The Morgan fingerprint density at radius 1 is 0.310 bits per heavy atom. The van der Waals surface area contributed by atoms with E-state index in [1.165, 1.54) is 10.8 Å². The molecule has 0 aliphatic rings. The monoisotopic (exact) mass is 743 g/mol. The number of hydrogen-bond acceptors (Lipinski definition) is 5. The molecule has 0 atom stereocenters. The molecule has 0 bridgehead atoms. The van der Waals surface area contributed by atoms with Gasteiger partial charge in [0.15, 0.2) is 11.6 Å². The average Bonchev–Trinajstić information content (AvgIpc) is 4.04. The van der Waals surface area contributed by atoms with Gasteiger partial charge in [0.25, 0.3) is 0 Å². The minimum atomic E-state index is 0.523. The zero-order valence-corrected chi connectivity index (χ0v) is 30.8. The van der Waals surface area contributed by atoms with Crippen molar-refractivity contribution < 1.29 is 8.83 Å². The number of nitrogens with zero attached hydrogens (tertiary/aromatic N) is 5. The summed E-state index contributed by atoms with van der Waals surface area (Å²) in [7, 11) is 0. The maximum Gasteiger partial charge on any atom is 0.238 e. The number of rotatable bonds is 4. The normalized spacial score (nSPS) is 12.1. The Balaban J connectivity index is 1.15. The van der Waals surface area contributed by atoms with Gasteiger partial charge in [0.2, 0.25) is 5.95 Å². The summed E-state index contributed by atoms with van der Waals surface area (Å²) < 4.78 is 17.6. The first-order chi connectivity index (χ1) is 28.8. The zero-order valence-electron chi connectivity index (χ0n) is 30.8. The van der Waals surface area contributed by atoms with E-state index in [-0.39, 0.29) is 0 Å². The minimum Gasteiger partial charge on any atom is -0.456 e. The number of para-hydroxylation sites is 5. The highest BCUT2D eigenvalue weighted by atomic mass is 16.3. The van der Waals surface area contributed by atoms with E-state index in [0.29, 0.717) is 17.6 Å². The van der Waals surface area contributed by atoms with E-state index in [9.17, 15) is 0 Å². The Morgan fingerprint density at radius 3 is 1.31 bits per heavy atom. The van der Waals surface area contributed by atoms with Gasteiger partial charge >= 0.3 is 0 Å². The van der Waals surface area contributed by atoms with Crippen molar-refractivity contribution >= 4 is 87.5 Å². The van der Waals surface area contributed by atoms with Crippen LogP contribution in [0.1, 0.15) is 0 Å². The molecule has 0 saturated heterocycles. The molecule has 0 fully saturated rings. The van der Waals surface area contributed by atoms with Crippen molar-refractivity contribution in [3.05, 3.63) is 176 Å². The third kappa shape index (κ3) is 4.30. The molecule has 0 N–H and O–H groups in total. The van der Waals surface area contributed by atoms with E-state index in [0.717, 1.165) is 93.5 Å². The summed E-state index contributed by atoms with van der Waals surface area (Å²) in [5, 5.41) is 8.54. The Labute approximate surface area is 329 Å². The second-order valence-corrected chi connectivity index (χ2v) is 14.7. The molecule has 5 heterocycles. The fraction of sp³-hybridized carbons (Fsp3) is 0. The van der Waals surface area contributed by atoms with Crippen molar-refractivity contribution in [2.45, 2.75) is 0 Å². The number of benzene rings is 8. The molecule has 0 aliphatic heterocycles. The largest absolute Gasteiger partial charge is 0.456 e.